The molecule has 1 aromatic rings. The minimum Gasteiger partial charge on any atom is -0.466 e. The summed E-state index contributed by atoms with van der Waals surface area (Å²) in [4.78, 5) is 21.9. The maximum absolute atomic E-state index is 11.2. The highest BCUT2D eigenvalue weighted by Crippen LogP contribution is 2.22. The Labute approximate surface area is 115 Å². The van der Waals surface area contributed by atoms with Crippen LogP contribution in [0.2, 0.25) is 0 Å². The van der Waals surface area contributed by atoms with Crippen molar-refractivity contribution in [2.75, 3.05) is 6.61 Å². The molecular weight excluding hydrogens is 240 g/mol. The van der Waals surface area contributed by atoms with E-state index in [1.807, 2.05) is 32.0 Å². The smallest absolute Gasteiger partial charge is 0.302 e. The quantitative estimate of drug-likeness (QED) is 0.559. The minimum atomic E-state index is -0.252. The van der Waals surface area contributed by atoms with E-state index in [0.717, 1.165) is 30.3 Å². The Morgan fingerprint density at radius 3 is 2.68 bits per heavy atom. The summed E-state index contributed by atoms with van der Waals surface area (Å²) in [5.41, 5.74) is 2.23. The van der Waals surface area contributed by atoms with Crippen molar-refractivity contribution in [2.24, 2.45) is 5.92 Å². The molecule has 0 saturated carbocycles. The Morgan fingerprint density at radius 2 is 2.11 bits per heavy atom. The number of rotatable bonds is 7. The van der Waals surface area contributed by atoms with E-state index in [1.54, 1.807) is 0 Å². The predicted octanol–water partition coefficient (Wildman–Crippen LogP) is 3.26. The fourth-order valence-electron chi connectivity index (χ4n) is 2.02. The van der Waals surface area contributed by atoms with E-state index in [9.17, 15) is 9.59 Å². The molecule has 2 unspecified atom stereocenters. The second-order valence-corrected chi connectivity index (χ2v) is 5.14. The number of aryl methyl sites for hydroxylation is 1. The van der Waals surface area contributed by atoms with E-state index in [1.165, 1.54) is 6.92 Å². The second kappa shape index (κ2) is 7.72. The molecule has 3 heteroatoms. The van der Waals surface area contributed by atoms with E-state index >= 15 is 0 Å². The monoisotopic (exact) mass is 262 g/mol. The van der Waals surface area contributed by atoms with Gasteiger partial charge < -0.3 is 9.53 Å². The fourth-order valence-corrected chi connectivity index (χ4v) is 2.02. The molecule has 0 N–H and O–H groups in total. The normalized spacial score (nSPS) is 13.6. The molecule has 0 amide bonds. The van der Waals surface area contributed by atoms with Crippen LogP contribution in [0.25, 0.3) is 0 Å². The van der Waals surface area contributed by atoms with Crippen LogP contribution >= 0.6 is 0 Å². The molecular formula is C16H22O3. The molecule has 0 aliphatic heterocycles. The van der Waals surface area contributed by atoms with Gasteiger partial charge in [-0.2, -0.15) is 0 Å². The van der Waals surface area contributed by atoms with Gasteiger partial charge in [0.15, 0.2) is 0 Å². The lowest BCUT2D eigenvalue weighted by Crippen LogP contribution is -2.11. The number of hydrogen-bond acceptors (Lipinski definition) is 3. The van der Waals surface area contributed by atoms with E-state index in [0.29, 0.717) is 6.61 Å². The van der Waals surface area contributed by atoms with Gasteiger partial charge in [0.05, 0.1) is 6.61 Å². The van der Waals surface area contributed by atoms with Crippen molar-refractivity contribution in [3.05, 3.63) is 35.4 Å². The molecule has 2 atom stereocenters. The number of aldehydes is 1. The van der Waals surface area contributed by atoms with Gasteiger partial charge >= 0.3 is 5.97 Å². The third-order valence-corrected chi connectivity index (χ3v) is 3.18. The highest BCUT2D eigenvalue weighted by atomic mass is 16.5. The summed E-state index contributed by atoms with van der Waals surface area (Å²) in [6.07, 6.45) is 2.66. The van der Waals surface area contributed by atoms with Crippen LogP contribution in [0, 0.1) is 12.8 Å². The molecule has 0 bridgehead atoms. The van der Waals surface area contributed by atoms with Gasteiger partial charge in [-0.05, 0) is 31.2 Å². The number of esters is 1. The summed E-state index contributed by atoms with van der Waals surface area (Å²) in [5.74, 6) is -0.0479. The van der Waals surface area contributed by atoms with Gasteiger partial charge in [0.1, 0.15) is 6.29 Å². The van der Waals surface area contributed by atoms with Gasteiger partial charge in [-0.25, -0.2) is 0 Å². The van der Waals surface area contributed by atoms with E-state index in [4.69, 9.17) is 4.74 Å². The van der Waals surface area contributed by atoms with Crippen molar-refractivity contribution >= 4 is 12.3 Å². The summed E-state index contributed by atoms with van der Waals surface area (Å²) >= 11 is 0. The highest BCUT2D eigenvalue weighted by Gasteiger charge is 2.13. The summed E-state index contributed by atoms with van der Waals surface area (Å²) in [5, 5.41) is 0. The van der Waals surface area contributed by atoms with Crippen LogP contribution in [-0.2, 0) is 14.3 Å². The third kappa shape index (κ3) is 5.69. The van der Waals surface area contributed by atoms with Crippen molar-refractivity contribution in [2.45, 2.75) is 39.5 Å². The van der Waals surface area contributed by atoms with Gasteiger partial charge in [-0.3, -0.25) is 4.79 Å². The van der Waals surface area contributed by atoms with Crippen LogP contribution < -0.4 is 0 Å². The molecule has 104 valence electrons. The lowest BCUT2D eigenvalue weighted by Gasteiger charge is -2.15. The van der Waals surface area contributed by atoms with Crippen LogP contribution in [0.15, 0.2) is 24.3 Å². The van der Waals surface area contributed by atoms with Crippen LogP contribution in [0.3, 0.4) is 0 Å². The van der Waals surface area contributed by atoms with Crippen LogP contribution in [-0.4, -0.2) is 18.9 Å². The van der Waals surface area contributed by atoms with Gasteiger partial charge in [0.2, 0.25) is 0 Å². The van der Waals surface area contributed by atoms with E-state index in [2.05, 4.69) is 6.07 Å². The zero-order chi connectivity index (χ0) is 14.3. The number of benzene rings is 1. The Kier molecular flexibility index (Phi) is 6.26. The molecule has 0 saturated heterocycles. The predicted molar refractivity (Wildman–Crippen MR) is 75.0 cm³/mol. The average molecular weight is 262 g/mol. The van der Waals surface area contributed by atoms with Crippen LogP contribution in [0.5, 0.6) is 0 Å². The first-order chi connectivity index (χ1) is 9.02. The molecule has 0 spiro atoms. The fraction of sp³-hybridized carbons (Fsp3) is 0.500. The first kappa shape index (κ1) is 15.4. The van der Waals surface area contributed by atoms with Gasteiger partial charge in [0.25, 0.3) is 0 Å². The Morgan fingerprint density at radius 1 is 1.37 bits per heavy atom. The summed E-state index contributed by atoms with van der Waals surface area (Å²) in [7, 11) is 0. The Hall–Kier alpha value is -1.64. The van der Waals surface area contributed by atoms with Crippen LogP contribution in [0.4, 0.5) is 0 Å². The maximum Gasteiger partial charge on any atom is 0.302 e. The highest BCUT2D eigenvalue weighted by molar-refractivity contribution is 5.65. The van der Waals surface area contributed by atoms with Gasteiger partial charge in [-0.15, -0.1) is 0 Å². The molecule has 0 heterocycles. The molecule has 0 aromatic heterocycles. The molecule has 0 aliphatic rings. The van der Waals surface area contributed by atoms with Crippen molar-refractivity contribution in [1.29, 1.82) is 0 Å². The van der Waals surface area contributed by atoms with E-state index in [-0.39, 0.29) is 17.8 Å². The summed E-state index contributed by atoms with van der Waals surface area (Å²) in [6.45, 7) is 5.89. The largest absolute Gasteiger partial charge is 0.466 e. The first-order valence-corrected chi connectivity index (χ1v) is 6.68. The van der Waals surface area contributed by atoms with Crippen molar-refractivity contribution in [3.63, 3.8) is 0 Å². The minimum absolute atomic E-state index is 0.0697. The van der Waals surface area contributed by atoms with Crippen LogP contribution in [0.1, 0.15) is 43.7 Å². The third-order valence-electron chi connectivity index (χ3n) is 3.18. The lowest BCUT2D eigenvalue weighted by atomic mass is 9.91. The molecule has 1 aromatic carbocycles. The molecule has 3 nitrogen and oxygen atoms in total. The second-order valence-electron chi connectivity index (χ2n) is 5.14. The zero-order valence-electron chi connectivity index (χ0n) is 11.9. The Balaban J connectivity index is 2.49. The number of carbonyl (C=O) groups is 2. The molecule has 0 radical (unpaired) electrons. The van der Waals surface area contributed by atoms with E-state index < -0.39 is 0 Å². The average Bonchev–Trinajstić information content (AvgIpc) is 2.37. The summed E-state index contributed by atoms with van der Waals surface area (Å²) in [6, 6.07) is 8.04. The molecule has 0 aliphatic carbocycles. The van der Waals surface area contributed by atoms with Gasteiger partial charge in [-0.1, -0.05) is 36.8 Å². The molecule has 19 heavy (non-hydrogen) atoms. The zero-order valence-corrected chi connectivity index (χ0v) is 11.9. The number of ether oxygens (including phenoxy) is 1. The van der Waals surface area contributed by atoms with Gasteiger partial charge in [0, 0.05) is 12.8 Å². The van der Waals surface area contributed by atoms with Crippen molar-refractivity contribution in [1.82, 2.24) is 0 Å². The molecule has 0 fully saturated rings. The standard InChI is InChI=1S/C16H22O3/c1-12-5-4-6-15(9-12)16(10-17)8-7-13(2)11-19-14(3)18/h4-6,9-10,13,16H,7-8,11H2,1-3H3. The molecule has 1 rings (SSSR count). The van der Waals surface area contributed by atoms with Crippen molar-refractivity contribution in [3.8, 4) is 0 Å². The topological polar surface area (TPSA) is 43.4 Å². The van der Waals surface area contributed by atoms with Crippen molar-refractivity contribution < 1.29 is 14.3 Å². The lowest BCUT2D eigenvalue weighted by molar-refractivity contribution is -0.142. The number of hydrogen-bond donors (Lipinski definition) is 0. The Bertz CT molecular complexity index is 426. The maximum atomic E-state index is 11.2. The SMILES string of the molecule is CC(=O)OCC(C)CCC(C=O)c1cccc(C)c1. The number of carbonyl (C=O) groups excluding carboxylic acids is 2. The first-order valence-electron chi connectivity index (χ1n) is 6.68. The summed E-state index contributed by atoms with van der Waals surface area (Å²) < 4.78 is 4.97.